The SMILES string of the molecule is Cc1cc2n(n1)CCN2C. The van der Waals surface area contributed by atoms with Crippen molar-refractivity contribution in [2.45, 2.75) is 13.5 Å². The molecule has 2 rings (SSSR count). The minimum Gasteiger partial charge on any atom is -0.358 e. The van der Waals surface area contributed by atoms with Crippen LogP contribution in [-0.2, 0) is 6.54 Å². The minimum atomic E-state index is 1.04. The van der Waals surface area contributed by atoms with E-state index in [0.29, 0.717) is 0 Å². The third kappa shape index (κ3) is 0.632. The van der Waals surface area contributed by atoms with Crippen LogP contribution in [0.15, 0.2) is 6.07 Å². The van der Waals surface area contributed by atoms with Crippen molar-refractivity contribution in [2.75, 3.05) is 18.5 Å². The average molecular weight is 137 g/mol. The van der Waals surface area contributed by atoms with Gasteiger partial charge in [0.1, 0.15) is 5.82 Å². The van der Waals surface area contributed by atoms with Crippen molar-refractivity contribution in [3.8, 4) is 0 Å². The highest BCUT2D eigenvalue weighted by atomic mass is 15.4. The van der Waals surface area contributed by atoms with Crippen molar-refractivity contribution >= 4 is 5.82 Å². The second-order valence-corrected chi connectivity index (χ2v) is 2.79. The quantitative estimate of drug-likeness (QED) is 0.523. The maximum absolute atomic E-state index is 4.32. The molecule has 0 aliphatic carbocycles. The Bertz CT molecular complexity index is 251. The zero-order chi connectivity index (χ0) is 7.14. The first kappa shape index (κ1) is 5.77. The highest BCUT2D eigenvalue weighted by Gasteiger charge is 2.15. The predicted octanol–water partition coefficient (Wildman–Crippen LogP) is 0.641. The molecule has 1 aliphatic rings. The van der Waals surface area contributed by atoms with Gasteiger partial charge in [0.25, 0.3) is 0 Å². The lowest BCUT2D eigenvalue weighted by molar-refractivity contribution is 0.683. The molecular weight excluding hydrogens is 126 g/mol. The summed E-state index contributed by atoms with van der Waals surface area (Å²) in [6, 6.07) is 2.12. The second-order valence-electron chi connectivity index (χ2n) is 2.79. The summed E-state index contributed by atoms with van der Waals surface area (Å²) < 4.78 is 2.05. The van der Waals surface area contributed by atoms with Crippen molar-refractivity contribution in [1.29, 1.82) is 0 Å². The third-order valence-electron chi connectivity index (χ3n) is 1.92. The summed E-state index contributed by atoms with van der Waals surface area (Å²) in [5.41, 5.74) is 1.11. The van der Waals surface area contributed by atoms with Gasteiger partial charge in [-0.25, -0.2) is 4.68 Å². The zero-order valence-electron chi connectivity index (χ0n) is 6.33. The van der Waals surface area contributed by atoms with Crippen molar-refractivity contribution < 1.29 is 0 Å². The number of aromatic nitrogens is 2. The van der Waals surface area contributed by atoms with Crippen molar-refractivity contribution in [2.24, 2.45) is 0 Å². The maximum atomic E-state index is 4.32. The van der Waals surface area contributed by atoms with E-state index in [2.05, 4.69) is 27.8 Å². The van der Waals surface area contributed by atoms with E-state index in [0.717, 1.165) is 18.8 Å². The first-order chi connectivity index (χ1) is 4.77. The smallest absolute Gasteiger partial charge is 0.126 e. The number of hydrogen-bond acceptors (Lipinski definition) is 2. The summed E-state index contributed by atoms with van der Waals surface area (Å²) in [5.74, 6) is 1.25. The highest BCUT2D eigenvalue weighted by molar-refractivity contribution is 5.42. The van der Waals surface area contributed by atoms with Crippen LogP contribution in [0.25, 0.3) is 0 Å². The van der Waals surface area contributed by atoms with Gasteiger partial charge >= 0.3 is 0 Å². The molecule has 3 heteroatoms. The van der Waals surface area contributed by atoms with E-state index in [1.807, 2.05) is 6.92 Å². The van der Waals surface area contributed by atoms with Crippen LogP contribution >= 0.6 is 0 Å². The summed E-state index contributed by atoms with van der Waals surface area (Å²) in [7, 11) is 2.10. The number of aryl methyl sites for hydroxylation is 1. The second kappa shape index (κ2) is 1.75. The molecular formula is C7H11N3. The van der Waals surface area contributed by atoms with E-state index in [1.54, 1.807) is 0 Å². The molecule has 0 amide bonds. The molecule has 1 aromatic heterocycles. The Morgan fingerprint density at radius 2 is 2.30 bits per heavy atom. The predicted molar refractivity (Wildman–Crippen MR) is 40.2 cm³/mol. The van der Waals surface area contributed by atoms with Crippen LogP contribution in [0, 0.1) is 6.92 Å². The van der Waals surface area contributed by atoms with E-state index < -0.39 is 0 Å². The molecule has 0 atom stereocenters. The van der Waals surface area contributed by atoms with E-state index in [9.17, 15) is 0 Å². The normalized spacial score (nSPS) is 16.0. The van der Waals surface area contributed by atoms with E-state index in [4.69, 9.17) is 0 Å². The van der Waals surface area contributed by atoms with Crippen LogP contribution in [0.1, 0.15) is 5.69 Å². The minimum absolute atomic E-state index is 1.04. The maximum Gasteiger partial charge on any atom is 0.126 e. The summed E-state index contributed by atoms with van der Waals surface area (Å²) in [6.45, 7) is 4.17. The first-order valence-corrected chi connectivity index (χ1v) is 3.53. The van der Waals surface area contributed by atoms with Crippen molar-refractivity contribution in [3.63, 3.8) is 0 Å². The number of hydrogen-bond donors (Lipinski definition) is 0. The molecule has 10 heavy (non-hydrogen) atoms. The van der Waals surface area contributed by atoms with Gasteiger partial charge < -0.3 is 4.90 Å². The van der Waals surface area contributed by atoms with Crippen LogP contribution in [0.5, 0.6) is 0 Å². The molecule has 2 heterocycles. The molecule has 0 N–H and O–H groups in total. The number of anilines is 1. The number of nitrogens with zero attached hydrogens (tertiary/aromatic N) is 3. The molecule has 0 spiro atoms. The van der Waals surface area contributed by atoms with Crippen LogP contribution < -0.4 is 4.90 Å². The molecule has 0 radical (unpaired) electrons. The molecule has 54 valence electrons. The van der Waals surface area contributed by atoms with Gasteiger partial charge in [-0.2, -0.15) is 5.10 Å². The summed E-state index contributed by atoms with van der Waals surface area (Å²) >= 11 is 0. The Kier molecular flexibility index (Phi) is 1.01. The van der Waals surface area contributed by atoms with Crippen LogP contribution in [-0.4, -0.2) is 23.4 Å². The summed E-state index contributed by atoms with van der Waals surface area (Å²) in [4.78, 5) is 2.22. The van der Waals surface area contributed by atoms with Gasteiger partial charge in [0.15, 0.2) is 0 Å². The number of likely N-dealkylation sites (N-methyl/N-ethyl adjacent to an activating group) is 1. The van der Waals surface area contributed by atoms with Gasteiger partial charge in [-0.3, -0.25) is 0 Å². The van der Waals surface area contributed by atoms with Gasteiger partial charge in [0.05, 0.1) is 12.2 Å². The fourth-order valence-electron chi connectivity index (χ4n) is 1.36. The van der Waals surface area contributed by atoms with Crippen LogP contribution in [0.4, 0.5) is 5.82 Å². The molecule has 0 unspecified atom stereocenters. The zero-order valence-corrected chi connectivity index (χ0v) is 6.33. The number of fused-ring (bicyclic) bond motifs is 1. The standard InChI is InChI=1S/C7H11N3/c1-6-5-7-9(2)3-4-10(7)8-6/h5H,3-4H2,1-2H3. The summed E-state index contributed by atoms with van der Waals surface area (Å²) in [5, 5.41) is 4.32. The molecule has 0 fully saturated rings. The average Bonchev–Trinajstić information content (AvgIpc) is 2.35. The molecule has 0 aromatic carbocycles. The molecule has 0 saturated carbocycles. The van der Waals surface area contributed by atoms with Gasteiger partial charge in [-0.1, -0.05) is 0 Å². The lowest BCUT2D eigenvalue weighted by Crippen LogP contribution is -2.12. The van der Waals surface area contributed by atoms with Gasteiger partial charge in [0.2, 0.25) is 0 Å². The van der Waals surface area contributed by atoms with Gasteiger partial charge in [-0.15, -0.1) is 0 Å². The van der Waals surface area contributed by atoms with Gasteiger partial charge in [-0.05, 0) is 6.92 Å². The Morgan fingerprint density at radius 3 is 3.00 bits per heavy atom. The Labute approximate surface area is 60.3 Å². The number of rotatable bonds is 0. The molecule has 1 aliphatic heterocycles. The lowest BCUT2D eigenvalue weighted by atomic mass is 10.4. The summed E-state index contributed by atoms with van der Waals surface area (Å²) in [6.07, 6.45) is 0. The topological polar surface area (TPSA) is 21.1 Å². The first-order valence-electron chi connectivity index (χ1n) is 3.53. The van der Waals surface area contributed by atoms with E-state index in [1.165, 1.54) is 5.82 Å². The molecule has 0 saturated heterocycles. The highest BCUT2D eigenvalue weighted by Crippen LogP contribution is 2.19. The Morgan fingerprint density at radius 1 is 1.50 bits per heavy atom. The van der Waals surface area contributed by atoms with E-state index >= 15 is 0 Å². The van der Waals surface area contributed by atoms with Crippen molar-refractivity contribution in [3.05, 3.63) is 11.8 Å². The Hall–Kier alpha value is -0.990. The van der Waals surface area contributed by atoms with Crippen molar-refractivity contribution in [1.82, 2.24) is 9.78 Å². The van der Waals surface area contributed by atoms with Crippen LogP contribution in [0.2, 0.25) is 0 Å². The molecule has 3 nitrogen and oxygen atoms in total. The largest absolute Gasteiger partial charge is 0.358 e. The van der Waals surface area contributed by atoms with Gasteiger partial charge in [0, 0.05) is 19.7 Å². The molecule has 0 bridgehead atoms. The lowest BCUT2D eigenvalue weighted by Gasteiger charge is -2.06. The van der Waals surface area contributed by atoms with E-state index in [-0.39, 0.29) is 0 Å². The third-order valence-corrected chi connectivity index (χ3v) is 1.92. The fourth-order valence-corrected chi connectivity index (χ4v) is 1.36. The van der Waals surface area contributed by atoms with Crippen LogP contribution in [0.3, 0.4) is 0 Å². The Balaban J connectivity index is 2.49. The molecule has 1 aromatic rings. The monoisotopic (exact) mass is 137 g/mol. The fraction of sp³-hybridized carbons (Fsp3) is 0.571.